The summed E-state index contributed by atoms with van der Waals surface area (Å²) in [5.41, 5.74) is 3.08. The Kier molecular flexibility index (Phi) is 8.13. The molecule has 3 aromatic carbocycles. The second kappa shape index (κ2) is 12.2. The maximum Gasteiger partial charge on any atom is 0.250 e. The molecule has 4 aromatic rings. The topological polar surface area (TPSA) is 90.3 Å². The number of halogens is 1. The maximum absolute atomic E-state index is 13.4. The Bertz CT molecular complexity index is 1400. The Hall–Kier alpha value is -4.70. The highest BCUT2D eigenvalue weighted by Gasteiger charge is 2.13. The molecule has 0 atom stereocenters. The molecular formula is C29H28FN5O4. The summed E-state index contributed by atoms with van der Waals surface area (Å²) >= 11 is 0. The average molecular weight is 530 g/mol. The Labute approximate surface area is 225 Å². The minimum Gasteiger partial charge on any atom is -0.497 e. The van der Waals surface area contributed by atoms with E-state index in [0.29, 0.717) is 28.9 Å². The molecule has 1 aliphatic rings. The van der Waals surface area contributed by atoms with Crippen LogP contribution in [0.15, 0.2) is 77.9 Å². The molecule has 1 fully saturated rings. The van der Waals surface area contributed by atoms with Crippen LogP contribution < -0.4 is 24.4 Å². The van der Waals surface area contributed by atoms with Crippen LogP contribution in [0, 0.1) is 5.82 Å². The lowest BCUT2D eigenvalue weighted by molar-refractivity contribution is 0.122. The van der Waals surface area contributed by atoms with E-state index in [0.717, 1.165) is 43.2 Å². The smallest absolute Gasteiger partial charge is 0.250 e. The van der Waals surface area contributed by atoms with E-state index in [1.165, 1.54) is 24.3 Å². The Morgan fingerprint density at radius 2 is 1.62 bits per heavy atom. The van der Waals surface area contributed by atoms with E-state index in [4.69, 9.17) is 18.9 Å². The third-order valence-corrected chi connectivity index (χ3v) is 5.99. The zero-order valence-corrected chi connectivity index (χ0v) is 21.6. The first-order chi connectivity index (χ1) is 19.1. The van der Waals surface area contributed by atoms with Crippen LogP contribution in [-0.2, 0) is 4.74 Å². The summed E-state index contributed by atoms with van der Waals surface area (Å²) in [4.78, 5) is 15.8. The average Bonchev–Trinajstić information content (AvgIpc) is 2.98. The molecule has 0 bridgehead atoms. The molecule has 1 saturated heterocycles. The van der Waals surface area contributed by atoms with E-state index in [9.17, 15) is 4.39 Å². The van der Waals surface area contributed by atoms with Gasteiger partial charge in [0.2, 0.25) is 11.8 Å². The van der Waals surface area contributed by atoms with Crippen LogP contribution in [0.4, 0.5) is 27.4 Å². The minimum atomic E-state index is -0.363. The third kappa shape index (κ3) is 6.79. The largest absolute Gasteiger partial charge is 0.497 e. The fourth-order valence-electron chi connectivity index (χ4n) is 3.95. The van der Waals surface area contributed by atoms with E-state index < -0.39 is 0 Å². The molecule has 0 saturated carbocycles. The van der Waals surface area contributed by atoms with Gasteiger partial charge in [0.15, 0.2) is 0 Å². The molecule has 200 valence electrons. The minimum absolute atomic E-state index is 0.204. The Morgan fingerprint density at radius 3 is 2.28 bits per heavy atom. The van der Waals surface area contributed by atoms with Gasteiger partial charge in [-0.15, -0.1) is 0 Å². The van der Waals surface area contributed by atoms with Crippen LogP contribution in [0.2, 0.25) is 0 Å². The van der Waals surface area contributed by atoms with Crippen molar-refractivity contribution in [2.45, 2.75) is 0 Å². The van der Waals surface area contributed by atoms with Gasteiger partial charge in [0.05, 0.1) is 33.6 Å². The second-order valence-electron chi connectivity index (χ2n) is 8.62. The van der Waals surface area contributed by atoms with E-state index in [2.05, 4.69) is 25.2 Å². The molecule has 39 heavy (non-hydrogen) atoms. The molecule has 0 spiro atoms. The van der Waals surface area contributed by atoms with Crippen LogP contribution in [0.25, 0.3) is 0 Å². The number of hydrogen-bond donors (Lipinski definition) is 1. The summed E-state index contributed by atoms with van der Waals surface area (Å²) in [6.45, 7) is 3.19. The lowest BCUT2D eigenvalue weighted by atomic mass is 10.2. The normalized spacial score (nSPS) is 13.4. The van der Waals surface area contributed by atoms with E-state index in [1.54, 1.807) is 32.7 Å². The van der Waals surface area contributed by atoms with Gasteiger partial charge in [0.25, 0.3) is 0 Å². The van der Waals surface area contributed by atoms with Crippen LogP contribution in [0.3, 0.4) is 0 Å². The first-order valence-corrected chi connectivity index (χ1v) is 12.4. The zero-order chi connectivity index (χ0) is 27.0. The summed E-state index contributed by atoms with van der Waals surface area (Å²) in [7, 11) is 3.17. The monoisotopic (exact) mass is 529 g/mol. The first-order valence-electron chi connectivity index (χ1n) is 12.4. The van der Waals surface area contributed by atoms with Gasteiger partial charge < -0.3 is 29.2 Å². The molecule has 1 aromatic heterocycles. The molecule has 1 N–H and O–H groups in total. The van der Waals surface area contributed by atoms with Crippen LogP contribution in [-0.4, -0.2) is 56.7 Å². The van der Waals surface area contributed by atoms with Crippen molar-refractivity contribution in [2.75, 3.05) is 50.7 Å². The number of nitrogens with zero attached hydrogens (tertiary/aromatic N) is 4. The van der Waals surface area contributed by atoms with Crippen LogP contribution in [0.5, 0.6) is 23.1 Å². The van der Waals surface area contributed by atoms with Crippen molar-refractivity contribution in [3.8, 4) is 23.1 Å². The number of benzene rings is 3. The number of aliphatic imine (C=N–C) groups is 1. The number of nitrogens with one attached hydrogen (secondary N) is 1. The van der Waals surface area contributed by atoms with Gasteiger partial charge in [-0.2, -0.15) is 4.98 Å². The molecule has 9 nitrogen and oxygen atoms in total. The standard InChI is InChI=1S/C29H28FN5O4/c1-36-25-15-20(16-26(17-25)37-2)18-31-27-19-32-29(34-28(27)39-24-9-3-21(30)4-10-24)33-22-5-7-23(8-6-22)35-11-13-38-14-12-35/h3-10,15-19H,11-14H2,1-2H3,(H,32,33,34). The fraction of sp³-hybridized carbons (Fsp3) is 0.207. The van der Waals surface area contributed by atoms with Crippen molar-refractivity contribution in [2.24, 2.45) is 4.99 Å². The summed E-state index contributed by atoms with van der Waals surface area (Å²) < 4.78 is 35.5. The fourth-order valence-corrected chi connectivity index (χ4v) is 3.95. The quantitative estimate of drug-likeness (QED) is 0.274. The van der Waals surface area contributed by atoms with Gasteiger partial charge in [-0.1, -0.05) is 0 Å². The van der Waals surface area contributed by atoms with E-state index in [1.807, 2.05) is 36.4 Å². The van der Waals surface area contributed by atoms with Crippen molar-refractivity contribution in [1.29, 1.82) is 0 Å². The van der Waals surface area contributed by atoms with Crippen molar-refractivity contribution in [3.05, 3.63) is 84.3 Å². The highest BCUT2D eigenvalue weighted by molar-refractivity contribution is 5.84. The molecule has 0 aliphatic carbocycles. The molecule has 0 amide bonds. The van der Waals surface area contributed by atoms with E-state index in [-0.39, 0.29) is 11.7 Å². The van der Waals surface area contributed by atoms with Gasteiger partial charge in [0.1, 0.15) is 28.8 Å². The van der Waals surface area contributed by atoms with Crippen molar-refractivity contribution in [1.82, 2.24) is 9.97 Å². The van der Waals surface area contributed by atoms with Gasteiger partial charge in [0, 0.05) is 42.3 Å². The summed E-state index contributed by atoms with van der Waals surface area (Å²) in [5, 5.41) is 3.21. The summed E-state index contributed by atoms with van der Waals surface area (Å²) in [6.07, 6.45) is 3.20. The highest BCUT2D eigenvalue weighted by Crippen LogP contribution is 2.32. The van der Waals surface area contributed by atoms with Crippen molar-refractivity contribution < 1.29 is 23.3 Å². The molecule has 5 rings (SSSR count). The lowest BCUT2D eigenvalue weighted by Crippen LogP contribution is -2.36. The second-order valence-corrected chi connectivity index (χ2v) is 8.62. The number of methoxy groups -OCH3 is 2. The number of ether oxygens (including phenoxy) is 4. The lowest BCUT2D eigenvalue weighted by Gasteiger charge is -2.28. The molecule has 2 heterocycles. The van der Waals surface area contributed by atoms with Crippen molar-refractivity contribution >= 4 is 29.2 Å². The molecule has 10 heteroatoms. The van der Waals surface area contributed by atoms with Crippen LogP contribution >= 0.6 is 0 Å². The SMILES string of the molecule is COc1cc(C=Nc2cnc(Nc3ccc(N4CCOCC4)cc3)nc2Oc2ccc(F)cc2)cc(OC)c1. The van der Waals surface area contributed by atoms with Gasteiger partial charge >= 0.3 is 0 Å². The Morgan fingerprint density at radius 1 is 0.923 bits per heavy atom. The maximum atomic E-state index is 13.4. The Balaban J connectivity index is 1.40. The molecular weight excluding hydrogens is 501 g/mol. The van der Waals surface area contributed by atoms with Crippen LogP contribution in [0.1, 0.15) is 5.56 Å². The predicted octanol–water partition coefficient (Wildman–Crippen LogP) is 5.76. The molecule has 0 unspecified atom stereocenters. The summed E-state index contributed by atoms with van der Waals surface area (Å²) in [5.74, 6) is 1.85. The van der Waals surface area contributed by atoms with E-state index >= 15 is 0 Å². The number of morpholine rings is 1. The zero-order valence-electron chi connectivity index (χ0n) is 21.6. The number of anilines is 3. The van der Waals surface area contributed by atoms with Gasteiger partial charge in [-0.25, -0.2) is 14.4 Å². The molecule has 1 aliphatic heterocycles. The molecule has 0 radical (unpaired) electrons. The number of hydrogen-bond acceptors (Lipinski definition) is 9. The highest BCUT2D eigenvalue weighted by atomic mass is 19.1. The number of rotatable bonds is 9. The van der Waals surface area contributed by atoms with Gasteiger partial charge in [-0.05, 0) is 60.7 Å². The van der Waals surface area contributed by atoms with Gasteiger partial charge in [-0.3, -0.25) is 0 Å². The van der Waals surface area contributed by atoms with Crippen molar-refractivity contribution in [3.63, 3.8) is 0 Å². The predicted molar refractivity (Wildman–Crippen MR) is 148 cm³/mol. The first kappa shape index (κ1) is 25.9. The summed E-state index contributed by atoms with van der Waals surface area (Å²) in [6, 6.07) is 19.1. The third-order valence-electron chi connectivity index (χ3n) is 5.99. The number of aromatic nitrogens is 2.